The van der Waals surface area contributed by atoms with E-state index in [-0.39, 0.29) is 29.2 Å². The Morgan fingerprint density at radius 1 is 1.15 bits per heavy atom. The van der Waals surface area contributed by atoms with Crippen LogP contribution in [0.25, 0.3) is 0 Å². The highest BCUT2D eigenvalue weighted by Crippen LogP contribution is 2.26. The molecule has 0 unspecified atom stereocenters. The Morgan fingerprint density at radius 2 is 1.88 bits per heavy atom. The Hall–Kier alpha value is -3.29. The molecule has 0 spiro atoms. The summed E-state index contributed by atoms with van der Waals surface area (Å²) in [5.41, 5.74) is -0.133. The van der Waals surface area contributed by atoms with Crippen LogP contribution in [0.15, 0.2) is 42.5 Å². The first kappa shape index (κ1) is 19.0. The number of carboxylic acid groups (broad SMARTS) is 1. The van der Waals surface area contributed by atoms with Gasteiger partial charge < -0.3 is 10.4 Å². The van der Waals surface area contributed by atoms with Gasteiger partial charge in [0.25, 0.3) is 5.69 Å². The van der Waals surface area contributed by atoms with Gasteiger partial charge >= 0.3 is 5.97 Å². The highest BCUT2D eigenvalue weighted by Gasteiger charge is 2.18. The quantitative estimate of drug-likeness (QED) is 0.423. The van der Waals surface area contributed by atoms with Crippen molar-refractivity contribution in [1.82, 2.24) is 0 Å². The molecule has 0 atom stereocenters. The van der Waals surface area contributed by atoms with E-state index in [1.165, 1.54) is 6.07 Å². The van der Waals surface area contributed by atoms with Crippen molar-refractivity contribution < 1.29 is 24.0 Å². The Morgan fingerprint density at radius 3 is 2.54 bits per heavy atom. The number of benzene rings is 2. The smallest absolute Gasteiger partial charge is 0.335 e. The van der Waals surface area contributed by atoms with Crippen LogP contribution in [0.5, 0.6) is 0 Å². The Labute approximate surface area is 148 Å². The molecule has 2 rings (SSSR count). The van der Waals surface area contributed by atoms with Crippen LogP contribution in [-0.2, 0) is 11.2 Å². The van der Waals surface area contributed by atoms with Gasteiger partial charge in [-0.1, -0.05) is 18.2 Å². The number of amides is 1. The first-order chi connectivity index (χ1) is 12.4. The molecule has 2 N–H and O–H groups in total. The zero-order valence-corrected chi connectivity index (χ0v) is 13.8. The van der Waals surface area contributed by atoms with Crippen molar-refractivity contribution in [3.05, 3.63) is 69.5 Å². The summed E-state index contributed by atoms with van der Waals surface area (Å²) in [4.78, 5) is 33.3. The van der Waals surface area contributed by atoms with E-state index in [2.05, 4.69) is 5.32 Å². The second-order valence-corrected chi connectivity index (χ2v) is 5.64. The summed E-state index contributed by atoms with van der Waals surface area (Å²) in [6.07, 6.45) is 1.61. The molecule has 0 radical (unpaired) electrons. The molecule has 0 aliphatic carbocycles. The molecule has 7 nitrogen and oxygen atoms in total. The van der Waals surface area contributed by atoms with Gasteiger partial charge in [0.1, 0.15) is 11.5 Å². The van der Waals surface area contributed by atoms with Gasteiger partial charge in [0, 0.05) is 12.5 Å². The van der Waals surface area contributed by atoms with E-state index in [0.717, 1.165) is 18.2 Å². The van der Waals surface area contributed by atoms with Crippen LogP contribution in [0.1, 0.15) is 35.2 Å². The van der Waals surface area contributed by atoms with E-state index in [9.17, 15) is 24.1 Å². The van der Waals surface area contributed by atoms with Crippen molar-refractivity contribution >= 4 is 23.3 Å². The molecule has 0 aliphatic heterocycles. The molecular weight excluding hydrogens is 343 g/mol. The number of nitrogens with zero attached hydrogens (tertiary/aromatic N) is 1. The number of carboxylic acids is 1. The molecule has 0 aliphatic rings. The average Bonchev–Trinajstić information content (AvgIpc) is 2.59. The second-order valence-electron chi connectivity index (χ2n) is 5.64. The predicted octanol–water partition coefficient (Wildman–Crippen LogP) is 3.78. The van der Waals surface area contributed by atoms with Crippen molar-refractivity contribution in [1.29, 1.82) is 0 Å². The molecule has 2 aromatic rings. The lowest BCUT2D eigenvalue weighted by atomic mass is 10.1. The van der Waals surface area contributed by atoms with Gasteiger partial charge in [-0.05, 0) is 43.0 Å². The van der Waals surface area contributed by atoms with Crippen LogP contribution in [-0.4, -0.2) is 21.9 Å². The number of carbonyl (C=O) groups is 2. The van der Waals surface area contributed by atoms with E-state index >= 15 is 0 Å². The van der Waals surface area contributed by atoms with Crippen molar-refractivity contribution in [3.8, 4) is 0 Å². The van der Waals surface area contributed by atoms with E-state index in [1.807, 2.05) is 0 Å². The maximum absolute atomic E-state index is 13.5. The standard InChI is InChI=1S/C18H17FN2O5/c19-14-7-3-1-5-12(14)6-2-4-8-17(22)20-15-11-13(18(23)24)9-10-16(15)21(25)26/h1,3,5,7,9-11H,2,4,6,8H2,(H,20,22)(H,23,24). The first-order valence-corrected chi connectivity index (χ1v) is 7.93. The minimum absolute atomic E-state index is 0.0862. The van der Waals surface area contributed by atoms with Crippen molar-refractivity contribution in [3.63, 3.8) is 0 Å². The number of rotatable bonds is 8. The molecule has 1 amide bonds. The molecule has 0 saturated carbocycles. The number of aryl methyl sites for hydroxylation is 1. The summed E-state index contributed by atoms with van der Waals surface area (Å²) in [5.74, 6) is -2.01. The lowest BCUT2D eigenvalue weighted by Crippen LogP contribution is -2.13. The summed E-state index contributed by atoms with van der Waals surface area (Å²) in [5, 5.41) is 22.3. The van der Waals surface area contributed by atoms with Gasteiger partial charge in [-0.2, -0.15) is 0 Å². The summed E-state index contributed by atoms with van der Waals surface area (Å²) in [6.45, 7) is 0. The first-order valence-electron chi connectivity index (χ1n) is 7.93. The van der Waals surface area contributed by atoms with E-state index in [1.54, 1.807) is 18.2 Å². The number of hydrogen-bond acceptors (Lipinski definition) is 4. The van der Waals surface area contributed by atoms with E-state index < -0.39 is 16.8 Å². The minimum atomic E-state index is -1.25. The highest BCUT2D eigenvalue weighted by molar-refractivity contribution is 5.96. The highest BCUT2D eigenvalue weighted by atomic mass is 19.1. The van der Waals surface area contributed by atoms with Gasteiger partial charge in [-0.3, -0.25) is 14.9 Å². The van der Waals surface area contributed by atoms with Crippen LogP contribution in [0.3, 0.4) is 0 Å². The third-order valence-corrected chi connectivity index (χ3v) is 3.77. The fourth-order valence-corrected chi connectivity index (χ4v) is 2.44. The largest absolute Gasteiger partial charge is 0.478 e. The van der Waals surface area contributed by atoms with Gasteiger partial charge in [0.05, 0.1) is 10.5 Å². The van der Waals surface area contributed by atoms with Crippen molar-refractivity contribution in [2.45, 2.75) is 25.7 Å². The van der Waals surface area contributed by atoms with Crippen LogP contribution in [0, 0.1) is 15.9 Å². The van der Waals surface area contributed by atoms with Gasteiger partial charge in [0.2, 0.25) is 5.91 Å². The molecular formula is C18H17FN2O5. The fraction of sp³-hybridized carbons (Fsp3) is 0.222. The number of unbranched alkanes of at least 4 members (excludes halogenated alkanes) is 1. The summed E-state index contributed by atoms with van der Waals surface area (Å²) in [6, 6.07) is 9.58. The van der Waals surface area contributed by atoms with Gasteiger partial charge in [-0.15, -0.1) is 0 Å². The van der Waals surface area contributed by atoms with Crippen LogP contribution < -0.4 is 5.32 Å². The summed E-state index contributed by atoms with van der Waals surface area (Å²) in [7, 11) is 0. The third kappa shape index (κ3) is 5.10. The SMILES string of the molecule is O=C(CCCCc1ccccc1F)Nc1cc(C(=O)O)ccc1[N+](=O)[O-]. The molecule has 8 heteroatoms. The topological polar surface area (TPSA) is 110 Å². The number of halogens is 1. The molecule has 0 bridgehead atoms. The lowest BCUT2D eigenvalue weighted by Gasteiger charge is -2.07. The number of nitro groups is 1. The molecule has 0 fully saturated rings. The zero-order valence-electron chi connectivity index (χ0n) is 13.8. The maximum atomic E-state index is 13.5. The van der Waals surface area contributed by atoms with E-state index in [4.69, 9.17) is 5.11 Å². The minimum Gasteiger partial charge on any atom is -0.478 e. The van der Waals surface area contributed by atoms with Crippen LogP contribution in [0.2, 0.25) is 0 Å². The zero-order chi connectivity index (χ0) is 19.1. The molecule has 0 aromatic heterocycles. The maximum Gasteiger partial charge on any atom is 0.335 e. The summed E-state index contributed by atoms with van der Waals surface area (Å²) < 4.78 is 13.5. The second kappa shape index (κ2) is 8.70. The summed E-state index contributed by atoms with van der Waals surface area (Å²) >= 11 is 0. The number of aromatic carboxylic acids is 1. The monoisotopic (exact) mass is 360 g/mol. The van der Waals surface area contributed by atoms with Crippen molar-refractivity contribution in [2.24, 2.45) is 0 Å². The Balaban J connectivity index is 1.93. The molecule has 2 aromatic carbocycles. The predicted molar refractivity (Wildman–Crippen MR) is 92.6 cm³/mol. The Bertz CT molecular complexity index is 838. The normalized spacial score (nSPS) is 10.3. The molecule has 26 heavy (non-hydrogen) atoms. The fourth-order valence-electron chi connectivity index (χ4n) is 2.44. The number of hydrogen-bond donors (Lipinski definition) is 2. The van der Waals surface area contributed by atoms with Crippen molar-refractivity contribution in [2.75, 3.05) is 5.32 Å². The number of anilines is 1. The molecule has 136 valence electrons. The lowest BCUT2D eigenvalue weighted by molar-refractivity contribution is -0.383. The number of nitro benzene ring substituents is 1. The van der Waals surface area contributed by atoms with Crippen LogP contribution in [0.4, 0.5) is 15.8 Å². The number of carbonyl (C=O) groups excluding carboxylic acids is 1. The molecule has 0 saturated heterocycles. The molecule has 0 heterocycles. The third-order valence-electron chi connectivity index (χ3n) is 3.77. The number of nitrogens with one attached hydrogen (secondary N) is 1. The Kier molecular flexibility index (Phi) is 6.37. The average molecular weight is 360 g/mol. The van der Waals surface area contributed by atoms with Gasteiger partial charge in [-0.25, -0.2) is 9.18 Å². The van der Waals surface area contributed by atoms with E-state index in [0.29, 0.717) is 24.8 Å². The van der Waals surface area contributed by atoms with Gasteiger partial charge in [0.15, 0.2) is 0 Å². The van der Waals surface area contributed by atoms with Crippen LogP contribution >= 0.6 is 0 Å².